The topological polar surface area (TPSA) is 75.4 Å². The van der Waals surface area contributed by atoms with Crippen molar-refractivity contribution < 1.29 is 23.1 Å². The lowest BCUT2D eigenvalue weighted by Crippen LogP contribution is -2.42. The number of carbonyl (C=O) groups excluding carboxylic acids is 1. The molecule has 4 N–H and O–H groups in total. The normalized spacial score (nSPS) is 26.7. The average Bonchev–Trinajstić information content (AvgIpc) is 2.27. The van der Waals surface area contributed by atoms with Gasteiger partial charge in [-0.3, -0.25) is 4.79 Å². The van der Waals surface area contributed by atoms with Crippen LogP contribution in [0.4, 0.5) is 13.2 Å². The van der Waals surface area contributed by atoms with Crippen LogP contribution in [-0.4, -0.2) is 35.9 Å². The molecule has 7 heteroatoms. The molecule has 18 heavy (non-hydrogen) atoms. The summed E-state index contributed by atoms with van der Waals surface area (Å²) in [6.07, 6.45) is -3.37. The van der Waals surface area contributed by atoms with E-state index in [1.165, 1.54) is 0 Å². The van der Waals surface area contributed by atoms with E-state index in [0.29, 0.717) is 0 Å². The third-order valence-electron chi connectivity index (χ3n) is 3.29. The van der Waals surface area contributed by atoms with Crippen LogP contribution in [0.15, 0.2) is 0 Å². The molecule has 1 fully saturated rings. The molecule has 1 rings (SSSR count). The van der Waals surface area contributed by atoms with Gasteiger partial charge in [0.25, 0.3) is 0 Å². The van der Waals surface area contributed by atoms with Crippen LogP contribution in [0.3, 0.4) is 0 Å². The zero-order chi connectivity index (χ0) is 13.8. The van der Waals surface area contributed by atoms with Gasteiger partial charge in [0.05, 0.1) is 6.54 Å². The number of halogens is 3. The predicted molar refractivity (Wildman–Crippen MR) is 59.6 cm³/mol. The molecule has 0 aromatic rings. The van der Waals surface area contributed by atoms with Gasteiger partial charge >= 0.3 is 6.18 Å². The lowest BCUT2D eigenvalue weighted by molar-refractivity contribution is -0.201. The highest BCUT2D eigenvalue weighted by Crippen LogP contribution is 2.25. The number of amides is 1. The highest BCUT2D eigenvalue weighted by molar-refractivity contribution is 5.76. The van der Waals surface area contributed by atoms with E-state index in [1.807, 2.05) is 0 Å². The Kier molecular flexibility index (Phi) is 5.40. The smallest absolute Gasteiger partial charge is 0.382 e. The fourth-order valence-corrected chi connectivity index (χ4v) is 2.13. The van der Waals surface area contributed by atoms with Gasteiger partial charge in [0.1, 0.15) is 0 Å². The molecule has 4 nitrogen and oxygen atoms in total. The van der Waals surface area contributed by atoms with Gasteiger partial charge in [0, 0.05) is 12.5 Å². The maximum atomic E-state index is 12.0. The van der Waals surface area contributed by atoms with Crippen molar-refractivity contribution in [3.8, 4) is 0 Å². The van der Waals surface area contributed by atoms with Crippen LogP contribution in [0.5, 0.6) is 0 Å². The molecule has 0 heterocycles. The second kappa shape index (κ2) is 6.38. The van der Waals surface area contributed by atoms with E-state index in [9.17, 15) is 18.0 Å². The van der Waals surface area contributed by atoms with Gasteiger partial charge in [-0.05, 0) is 18.8 Å². The van der Waals surface area contributed by atoms with E-state index < -0.39 is 24.7 Å². The number of aliphatic hydroxyl groups excluding tert-OH is 1. The van der Waals surface area contributed by atoms with E-state index in [0.717, 1.165) is 25.7 Å². The van der Waals surface area contributed by atoms with Crippen LogP contribution >= 0.6 is 0 Å². The summed E-state index contributed by atoms with van der Waals surface area (Å²) in [5.41, 5.74) is 5.84. The fourth-order valence-electron chi connectivity index (χ4n) is 2.13. The van der Waals surface area contributed by atoms with E-state index in [4.69, 9.17) is 10.8 Å². The predicted octanol–water partition coefficient (Wildman–Crippen LogP) is 0.933. The van der Waals surface area contributed by atoms with Crippen molar-refractivity contribution in [2.24, 2.45) is 11.7 Å². The lowest BCUT2D eigenvalue weighted by atomic mass is 9.83. The second-order valence-corrected chi connectivity index (χ2v) is 4.77. The Labute approximate surface area is 104 Å². The second-order valence-electron chi connectivity index (χ2n) is 4.77. The molecule has 3 atom stereocenters. The monoisotopic (exact) mass is 268 g/mol. The van der Waals surface area contributed by atoms with E-state index >= 15 is 0 Å². The third-order valence-corrected chi connectivity index (χ3v) is 3.29. The number of rotatable bonds is 4. The quantitative estimate of drug-likeness (QED) is 0.710. The Morgan fingerprint density at radius 1 is 1.39 bits per heavy atom. The molecule has 1 amide bonds. The van der Waals surface area contributed by atoms with Crippen molar-refractivity contribution in [1.29, 1.82) is 0 Å². The Morgan fingerprint density at radius 3 is 2.56 bits per heavy atom. The minimum absolute atomic E-state index is 0.0294. The minimum Gasteiger partial charge on any atom is -0.382 e. The molecular formula is C11H19F3N2O2. The van der Waals surface area contributed by atoms with Crippen molar-refractivity contribution >= 4 is 5.91 Å². The highest BCUT2D eigenvalue weighted by Gasteiger charge is 2.38. The van der Waals surface area contributed by atoms with Crippen LogP contribution in [-0.2, 0) is 4.79 Å². The Bertz CT molecular complexity index is 284. The summed E-state index contributed by atoms with van der Waals surface area (Å²) in [4.78, 5) is 11.4. The number of alkyl halides is 3. The number of hydrogen-bond acceptors (Lipinski definition) is 3. The van der Waals surface area contributed by atoms with Crippen LogP contribution < -0.4 is 11.1 Å². The summed E-state index contributed by atoms with van der Waals surface area (Å²) in [6.45, 7) is -0.801. The molecule has 1 aliphatic rings. The SMILES string of the molecule is NC1CCCCC1CC(=O)NCC(O)C(F)(F)F. The number of carbonyl (C=O) groups is 1. The first-order chi connectivity index (χ1) is 8.30. The maximum Gasteiger partial charge on any atom is 0.416 e. The number of aliphatic hydroxyl groups is 1. The van der Waals surface area contributed by atoms with Gasteiger partial charge in [0.2, 0.25) is 5.91 Å². The van der Waals surface area contributed by atoms with Gasteiger partial charge in [-0.25, -0.2) is 0 Å². The van der Waals surface area contributed by atoms with Gasteiger partial charge in [-0.15, -0.1) is 0 Å². The van der Waals surface area contributed by atoms with Gasteiger partial charge in [0.15, 0.2) is 6.10 Å². The summed E-state index contributed by atoms with van der Waals surface area (Å²) in [5, 5.41) is 10.8. The maximum absolute atomic E-state index is 12.0. The molecule has 0 aromatic heterocycles. The molecule has 0 aliphatic heterocycles. The first-order valence-corrected chi connectivity index (χ1v) is 6.07. The Balaban J connectivity index is 2.29. The zero-order valence-corrected chi connectivity index (χ0v) is 10.0. The minimum atomic E-state index is -4.70. The van der Waals surface area contributed by atoms with E-state index in [-0.39, 0.29) is 18.4 Å². The molecule has 0 spiro atoms. The van der Waals surface area contributed by atoms with E-state index in [2.05, 4.69) is 5.32 Å². The van der Waals surface area contributed by atoms with Crippen LogP contribution in [0, 0.1) is 5.92 Å². The molecular weight excluding hydrogens is 249 g/mol. The number of nitrogens with two attached hydrogens (primary N) is 1. The Morgan fingerprint density at radius 2 is 2.00 bits per heavy atom. The number of nitrogens with one attached hydrogen (secondary N) is 1. The van der Waals surface area contributed by atoms with E-state index in [1.54, 1.807) is 0 Å². The highest BCUT2D eigenvalue weighted by atomic mass is 19.4. The van der Waals surface area contributed by atoms with Crippen molar-refractivity contribution in [3.63, 3.8) is 0 Å². The summed E-state index contributed by atoms with van der Waals surface area (Å²) in [6, 6.07) is -0.0583. The lowest BCUT2D eigenvalue weighted by Gasteiger charge is -2.28. The largest absolute Gasteiger partial charge is 0.416 e. The fraction of sp³-hybridized carbons (Fsp3) is 0.909. The summed E-state index contributed by atoms with van der Waals surface area (Å²) >= 11 is 0. The molecule has 3 unspecified atom stereocenters. The molecule has 0 aromatic carbocycles. The Hall–Kier alpha value is -0.820. The molecule has 106 valence electrons. The summed E-state index contributed by atoms with van der Waals surface area (Å²) in [7, 11) is 0. The first kappa shape index (κ1) is 15.2. The van der Waals surface area contributed by atoms with Gasteiger partial charge < -0.3 is 16.2 Å². The molecule has 1 aliphatic carbocycles. The summed E-state index contributed by atoms with van der Waals surface area (Å²) < 4.78 is 36.0. The molecule has 0 saturated heterocycles. The zero-order valence-electron chi connectivity index (χ0n) is 10.0. The van der Waals surface area contributed by atoms with Crippen LogP contribution in [0.2, 0.25) is 0 Å². The molecule has 1 saturated carbocycles. The van der Waals surface area contributed by atoms with Gasteiger partial charge in [-0.2, -0.15) is 13.2 Å². The average molecular weight is 268 g/mol. The summed E-state index contributed by atoms with van der Waals surface area (Å²) in [5.74, 6) is -0.456. The molecule has 0 bridgehead atoms. The van der Waals surface area contributed by atoms with Crippen LogP contribution in [0.25, 0.3) is 0 Å². The molecule has 0 radical (unpaired) electrons. The van der Waals surface area contributed by atoms with Crippen molar-refractivity contribution in [1.82, 2.24) is 5.32 Å². The first-order valence-electron chi connectivity index (χ1n) is 6.07. The number of hydrogen-bond donors (Lipinski definition) is 3. The third kappa shape index (κ3) is 4.81. The van der Waals surface area contributed by atoms with Crippen molar-refractivity contribution in [2.75, 3.05) is 6.54 Å². The standard InChI is InChI=1S/C11H19F3N2O2/c12-11(13,14)9(17)6-16-10(18)5-7-3-1-2-4-8(7)15/h7-9,17H,1-6,15H2,(H,16,18). The van der Waals surface area contributed by atoms with Crippen molar-refractivity contribution in [3.05, 3.63) is 0 Å². The van der Waals surface area contributed by atoms with Gasteiger partial charge in [-0.1, -0.05) is 12.8 Å². The van der Waals surface area contributed by atoms with Crippen molar-refractivity contribution in [2.45, 2.75) is 50.4 Å². The van der Waals surface area contributed by atoms with Crippen LogP contribution in [0.1, 0.15) is 32.1 Å².